The molecule has 1 rings (SSSR count). The molecule has 0 amide bonds. The summed E-state index contributed by atoms with van der Waals surface area (Å²) in [5.74, 6) is 0.0725. The summed E-state index contributed by atoms with van der Waals surface area (Å²) in [5.41, 5.74) is 0. The molecule has 84 valence electrons. The highest BCUT2D eigenvalue weighted by Gasteiger charge is 2.03. The molecular weight excluding hydrogens is 216 g/mol. The van der Waals surface area contributed by atoms with E-state index in [1.54, 1.807) is 0 Å². The van der Waals surface area contributed by atoms with Crippen molar-refractivity contribution in [2.24, 2.45) is 0 Å². The van der Waals surface area contributed by atoms with Crippen molar-refractivity contribution in [1.82, 2.24) is 5.32 Å². The van der Waals surface area contributed by atoms with Crippen molar-refractivity contribution in [3.8, 4) is 0 Å². The fourth-order valence-corrected chi connectivity index (χ4v) is 2.05. The Morgan fingerprint density at radius 3 is 2.87 bits per heavy atom. The second kappa shape index (κ2) is 6.80. The number of rotatable bonds is 6. The zero-order chi connectivity index (χ0) is 11.1. The molecule has 0 atom stereocenters. The number of hydrogen-bond donors (Lipinski definition) is 1. The van der Waals surface area contributed by atoms with Gasteiger partial charge in [-0.15, -0.1) is 11.8 Å². The van der Waals surface area contributed by atoms with Gasteiger partial charge in [0.1, 0.15) is 11.6 Å². The van der Waals surface area contributed by atoms with Gasteiger partial charge in [0.15, 0.2) is 0 Å². The Morgan fingerprint density at radius 1 is 1.33 bits per heavy atom. The predicted octanol–water partition coefficient (Wildman–Crippen LogP) is 3.06. The standard InChI is InChI=1S/C11H15F2NS/c1-2-14-6-3-7-15-11-8-9(12)4-5-10(11)13/h4-5,8,14H,2-3,6-7H2,1H3. The highest BCUT2D eigenvalue weighted by molar-refractivity contribution is 7.99. The molecule has 1 aromatic rings. The second-order valence-electron chi connectivity index (χ2n) is 3.13. The summed E-state index contributed by atoms with van der Waals surface area (Å²) in [6, 6.07) is 3.55. The van der Waals surface area contributed by atoms with E-state index in [4.69, 9.17) is 0 Å². The Bertz CT molecular complexity index is 305. The van der Waals surface area contributed by atoms with Crippen LogP contribution in [-0.2, 0) is 0 Å². The largest absolute Gasteiger partial charge is 0.317 e. The van der Waals surface area contributed by atoms with Crippen molar-refractivity contribution < 1.29 is 8.78 Å². The summed E-state index contributed by atoms with van der Waals surface area (Å²) in [7, 11) is 0. The van der Waals surface area contributed by atoms with Gasteiger partial charge in [0.05, 0.1) is 0 Å². The number of halogens is 2. The van der Waals surface area contributed by atoms with E-state index in [-0.39, 0.29) is 11.6 Å². The van der Waals surface area contributed by atoms with Crippen LogP contribution in [0, 0.1) is 11.6 Å². The molecule has 0 aromatic heterocycles. The van der Waals surface area contributed by atoms with Gasteiger partial charge in [-0.2, -0.15) is 0 Å². The van der Waals surface area contributed by atoms with E-state index in [2.05, 4.69) is 5.32 Å². The van der Waals surface area contributed by atoms with Gasteiger partial charge in [-0.3, -0.25) is 0 Å². The van der Waals surface area contributed by atoms with Crippen LogP contribution < -0.4 is 5.32 Å². The SMILES string of the molecule is CCNCCCSc1cc(F)ccc1F. The molecule has 0 bridgehead atoms. The maximum absolute atomic E-state index is 13.1. The zero-order valence-electron chi connectivity index (χ0n) is 8.72. The van der Waals surface area contributed by atoms with Gasteiger partial charge in [-0.05, 0) is 43.5 Å². The van der Waals surface area contributed by atoms with E-state index in [9.17, 15) is 8.78 Å². The minimum absolute atomic E-state index is 0.343. The van der Waals surface area contributed by atoms with Crippen LogP contribution in [0.4, 0.5) is 8.78 Å². The van der Waals surface area contributed by atoms with Gasteiger partial charge in [-0.1, -0.05) is 6.92 Å². The molecule has 1 nitrogen and oxygen atoms in total. The van der Waals surface area contributed by atoms with Crippen LogP contribution in [0.25, 0.3) is 0 Å². The smallest absolute Gasteiger partial charge is 0.136 e. The topological polar surface area (TPSA) is 12.0 Å². The maximum atomic E-state index is 13.1. The van der Waals surface area contributed by atoms with E-state index in [0.29, 0.717) is 4.90 Å². The van der Waals surface area contributed by atoms with Crippen LogP contribution in [0.1, 0.15) is 13.3 Å². The predicted molar refractivity (Wildman–Crippen MR) is 60.2 cm³/mol. The molecule has 0 heterocycles. The van der Waals surface area contributed by atoms with Crippen LogP contribution in [0.15, 0.2) is 23.1 Å². The minimum atomic E-state index is -0.384. The molecular formula is C11H15F2NS. The van der Waals surface area contributed by atoms with Crippen molar-refractivity contribution in [1.29, 1.82) is 0 Å². The molecule has 0 radical (unpaired) electrons. The van der Waals surface area contributed by atoms with Crippen LogP contribution in [-0.4, -0.2) is 18.8 Å². The number of thioether (sulfide) groups is 1. The van der Waals surface area contributed by atoms with E-state index in [1.165, 1.54) is 23.9 Å². The Labute approximate surface area is 93.3 Å². The first-order valence-corrected chi connectivity index (χ1v) is 6.01. The van der Waals surface area contributed by atoms with Gasteiger partial charge in [-0.25, -0.2) is 8.78 Å². The molecule has 1 N–H and O–H groups in total. The van der Waals surface area contributed by atoms with Crippen LogP contribution in [0.5, 0.6) is 0 Å². The van der Waals surface area contributed by atoms with Crippen molar-refractivity contribution in [3.05, 3.63) is 29.8 Å². The molecule has 1 aromatic carbocycles. The summed E-state index contributed by atoms with van der Waals surface area (Å²) in [5, 5.41) is 3.18. The van der Waals surface area contributed by atoms with Gasteiger partial charge in [0, 0.05) is 4.90 Å². The molecule has 0 unspecified atom stereocenters. The fourth-order valence-electron chi connectivity index (χ4n) is 1.14. The Hall–Kier alpha value is -0.610. The van der Waals surface area contributed by atoms with Gasteiger partial charge in [0.2, 0.25) is 0 Å². The van der Waals surface area contributed by atoms with Crippen molar-refractivity contribution in [2.45, 2.75) is 18.2 Å². The Morgan fingerprint density at radius 2 is 2.13 bits per heavy atom. The van der Waals surface area contributed by atoms with Crippen LogP contribution in [0.3, 0.4) is 0 Å². The quantitative estimate of drug-likeness (QED) is 0.596. The summed E-state index contributed by atoms with van der Waals surface area (Å²) >= 11 is 1.36. The number of hydrogen-bond acceptors (Lipinski definition) is 2. The zero-order valence-corrected chi connectivity index (χ0v) is 9.54. The lowest BCUT2D eigenvalue weighted by molar-refractivity contribution is 0.577. The first-order valence-electron chi connectivity index (χ1n) is 5.02. The van der Waals surface area contributed by atoms with Gasteiger partial charge in [0.25, 0.3) is 0 Å². The molecule has 0 aliphatic heterocycles. The molecule has 0 spiro atoms. The fraction of sp³-hybridized carbons (Fsp3) is 0.455. The van der Waals surface area contributed by atoms with E-state index in [1.807, 2.05) is 6.92 Å². The third kappa shape index (κ3) is 4.62. The molecule has 15 heavy (non-hydrogen) atoms. The third-order valence-electron chi connectivity index (χ3n) is 1.90. The molecule has 0 aliphatic carbocycles. The minimum Gasteiger partial charge on any atom is -0.317 e. The van der Waals surface area contributed by atoms with Crippen molar-refractivity contribution in [2.75, 3.05) is 18.8 Å². The van der Waals surface area contributed by atoms with Crippen molar-refractivity contribution >= 4 is 11.8 Å². The normalized spacial score (nSPS) is 10.6. The monoisotopic (exact) mass is 231 g/mol. The second-order valence-corrected chi connectivity index (χ2v) is 4.27. The first kappa shape index (κ1) is 12.5. The Kier molecular flexibility index (Phi) is 5.65. The van der Waals surface area contributed by atoms with E-state index < -0.39 is 0 Å². The first-order chi connectivity index (χ1) is 7.24. The molecule has 0 saturated carbocycles. The average molecular weight is 231 g/mol. The lowest BCUT2D eigenvalue weighted by Crippen LogP contribution is -2.14. The van der Waals surface area contributed by atoms with E-state index >= 15 is 0 Å². The molecule has 0 aliphatic rings. The van der Waals surface area contributed by atoms with Gasteiger partial charge < -0.3 is 5.32 Å². The summed E-state index contributed by atoms with van der Waals surface area (Å²) < 4.78 is 25.9. The lowest BCUT2D eigenvalue weighted by atomic mass is 10.3. The summed E-state index contributed by atoms with van der Waals surface area (Å²) in [4.78, 5) is 0.395. The lowest BCUT2D eigenvalue weighted by Gasteiger charge is -2.03. The van der Waals surface area contributed by atoms with Crippen molar-refractivity contribution in [3.63, 3.8) is 0 Å². The van der Waals surface area contributed by atoms with Crippen LogP contribution in [0.2, 0.25) is 0 Å². The molecule has 0 saturated heterocycles. The number of benzene rings is 1. The van der Waals surface area contributed by atoms with Gasteiger partial charge >= 0.3 is 0 Å². The summed E-state index contributed by atoms with van der Waals surface area (Å²) in [6.45, 7) is 3.90. The van der Waals surface area contributed by atoms with Crippen LogP contribution >= 0.6 is 11.8 Å². The highest BCUT2D eigenvalue weighted by Crippen LogP contribution is 2.22. The van der Waals surface area contributed by atoms with E-state index in [0.717, 1.165) is 31.3 Å². The third-order valence-corrected chi connectivity index (χ3v) is 3.02. The average Bonchev–Trinajstić information content (AvgIpc) is 2.23. The molecule has 4 heteroatoms. The summed E-state index contributed by atoms with van der Waals surface area (Å²) in [6.07, 6.45) is 0.953. The number of nitrogens with one attached hydrogen (secondary N) is 1. The Balaban J connectivity index is 2.33. The molecule has 0 fully saturated rings. The maximum Gasteiger partial charge on any atom is 0.136 e. The highest BCUT2D eigenvalue weighted by atomic mass is 32.2.